The number of hydrogen-bond acceptors (Lipinski definition) is 5. The summed E-state index contributed by atoms with van der Waals surface area (Å²) in [5.41, 5.74) is 5.54. The SMILES string of the molecule is COC(=O)C1(N)Oc2ccccc2O1. The fourth-order valence-electron chi connectivity index (χ4n) is 1.19. The molecule has 0 saturated heterocycles. The Morgan fingerprint density at radius 1 is 1.36 bits per heavy atom. The summed E-state index contributed by atoms with van der Waals surface area (Å²) in [7, 11) is 1.21. The van der Waals surface area contributed by atoms with Crippen LogP contribution in [0.3, 0.4) is 0 Å². The number of ether oxygens (including phenoxy) is 3. The number of fused-ring (bicyclic) bond motifs is 1. The zero-order valence-corrected chi connectivity index (χ0v) is 7.52. The van der Waals surface area contributed by atoms with E-state index in [1.807, 2.05) is 0 Å². The Balaban J connectivity index is 2.30. The smallest absolute Gasteiger partial charge is 0.415 e. The Kier molecular flexibility index (Phi) is 1.82. The van der Waals surface area contributed by atoms with Crippen LogP contribution in [-0.4, -0.2) is 19.0 Å². The Bertz CT molecular complexity index is 352. The van der Waals surface area contributed by atoms with Gasteiger partial charge in [0.2, 0.25) is 0 Å². The Labute approximate surface area is 80.4 Å². The second kappa shape index (κ2) is 2.88. The minimum Gasteiger partial charge on any atom is -0.462 e. The molecular formula is C9H9NO4. The molecule has 2 N–H and O–H groups in total. The number of rotatable bonds is 1. The van der Waals surface area contributed by atoms with Crippen molar-refractivity contribution in [1.82, 2.24) is 0 Å². The van der Waals surface area contributed by atoms with Crippen LogP contribution in [0.2, 0.25) is 0 Å². The van der Waals surface area contributed by atoms with E-state index >= 15 is 0 Å². The van der Waals surface area contributed by atoms with Crippen molar-refractivity contribution in [2.24, 2.45) is 5.73 Å². The summed E-state index contributed by atoms with van der Waals surface area (Å²) in [5.74, 6) is -1.76. The van der Waals surface area contributed by atoms with E-state index in [-0.39, 0.29) is 0 Å². The Morgan fingerprint density at radius 3 is 2.29 bits per heavy atom. The number of nitrogens with two attached hydrogens (primary N) is 1. The molecule has 1 aliphatic rings. The molecule has 74 valence electrons. The zero-order chi connectivity index (χ0) is 10.2. The van der Waals surface area contributed by atoms with Crippen molar-refractivity contribution in [3.05, 3.63) is 24.3 Å². The first kappa shape index (κ1) is 8.83. The van der Waals surface area contributed by atoms with Crippen molar-refractivity contribution >= 4 is 5.97 Å². The third-order valence-electron chi connectivity index (χ3n) is 1.84. The van der Waals surface area contributed by atoms with Gasteiger partial charge < -0.3 is 14.2 Å². The van der Waals surface area contributed by atoms with Gasteiger partial charge in [-0.3, -0.25) is 0 Å². The van der Waals surface area contributed by atoms with E-state index in [0.717, 1.165) is 0 Å². The molecule has 5 nitrogen and oxygen atoms in total. The average molecular weight is 195 g/mol. The fourth-order valence-corrected chi connectivity index (χ4v) is 1.19. The van der Waals surface area contributed by atoms with E-state index < -0.39 is 11.9 Å². The van der Waals surface area contributed by atoms with E-state index in [1.165, 1.54) is 7.11 Å². The van der Waals surface area contributed by atoms with Crippen LogP contribution in [0.4, 0.5) is 0 Å². The van der Waals surface area contributed by atoms with Gasteiger partial charge in [-0.2, -0.15) is 0 Å². The molecule has 0 atom stereocenters. The van der Waals surface area contributed by atoms with Gasteiger partial charge in [0, 0.05) is 0 Å². The molecule has 0 radical (unpaired) electrons. The van der Waals surface area contributed by atoms with E-state index in [2.05, 4.69) is 4.74 Å². The van der Waals surface area contributed by atoms with Crippen molar-refractivity contribution in [2.75, 3.05) is 7.11 Å². The van der Waals surface area contributed by atoms with Crippen LogP contribution in [0.5, 0.6) is 11.5 Å². The van der Waals surface area contributed by atoms with Crippen molar-refractivity contribution in [3.8, 4) is 11.5 Å². The van der Waals surface area contributed by atoms with Gasteiger partial charge in [-0.15, -0.1) is 0 Å². The quantitative estimate of drug-likeness (QED) is 0.650. The molecule has 1 aromatic rings. The maximum Gasteiger partial charge on any atom is 0.415 e. The van der Waals surface area contributed by atoms with Crippen LogP contribution >= 0.6 is 0 Å². The molecule has 2 rings (SSSR count). The zero-order valence-electron chi connectivity index (χ0n) is 7.52. The van der Waals surface area contributed by atoms with Gasteiger partial charge in [0.05, 0.1) is 7.11 Å². The van der Waals surface area contributed by atoms with E-state index in [9.17, 15) is 4.79 Å². The second-order valence-corrected chi connectivity index (χ2v) is 2.81. The van der Waals surface area contributed by atoms with Crippen LogP contribution < -0.4 is 15.2 Å². The molecule has 0 unspecified atom stereocenters. The molecule has 0 amide bonds. The van der Waals surface area contributed by atoms with Crippen LogP contribution in [0.15, 0.2) is 24.3 Å². The standard InChI is InChI=1S/C9H9NO4/c1-12-8(11)9(10)13-6-4-2-3-5-7(6)14-9/h2-5H,10H2,1H3. The van der Waals surface area contributed by atoms with Gasteiger partial charge in [0.15, 0.2) is 11.5 Å². The first-order valence-corrected chi connectivity index (χ1v) is 4.00. The normalized spacial score (nSPS) is 16.4. The third kappa shape index (κ3) is 1.18. The summed E-state index contributed by atoms with van der Waals surface area (Å²) >= 11 is 0. The molecule has 0 saturated carbocycles. The van der Waals surface area contributed by atoms with Crippen LogP contribution in [0.25, 0.3) is 0 Å². The molecule has 14 heavy (non-hydrogen) atoms. The van der Waals surface area contributed by atoms with Crippen molar-refractivity contribution in [2.45, 2.75) is 5.91 Å². The highest BCUT2D eigenvalue weighted by Gasteiger charge is 2.46. The fraction of sp³-hybridized carbons (Fsp3) is 0.222. The first-order chi connectivity index (χ1) is 6.65. The number of hydrogen-bond donors (Lipinski definition) is 1. The lowest BCUT2D eigenvalue weighted by Gasteiger charge is -2.18. The molecule has 0 aromatic heterocycles. The summed E-state index contributed by atoms with van der Waals surface area (Å²) in [6.45, 7) is 0. The second-order valence-electron chi connectivity index (χ2n) is 2.81. The summed E-state index contributed by atoms with van der Waals surface area (Å²) in [4.78, 5) is 11.2. The van der Waals surface area contributed by atoms with Crippen LogP contribution in [-0.2, 0) is 9.53 Å². The monoisotopic (exact) mass is 195 g/mol. The van der Waals surface area contributed by atoms with Gasteiger partial charge >= 0.3 is 11.9 Å². The topological polar surface area (TPSA) is 70.8 Å². The van der Waals surface area contributed by atoms with Gasteiger partial charge in [-0.05, 0) is 12.1 Å². The minimum atomic E-state index is -1.85. The molecular weight excluding hydrogens is 186 g/mol. The predicted molar refractivity (Wildman–Crippen MR) is 46.6 cm³/mol. The predicted octanol–water partition coefficient (Wildman–Crippen LogP) is 0.243. The number of carbonyl (C=O) groups is 1. The first-order valence-electron chi connectivity index (χ1n) is 4.00. The molecule has 5 heteroatoms. The van der Waals surface area contributed by atoms with Gasteiger partial charge in [0.25, 0.3) is 0 Å². The summed E-state index contributed by atoms with van der Waals surface area (Å²) in [6, 6.07) is 6.83. The lowest BCUT2D eigenvalue weighted by molar-refractivity contribution is -0.179. The van der Waals surface area contributed by atoms with Gasteiger partial charge in [-0.25, -0.2) is 10.5 Å². The number of methoxy groups -OCH3 is 1. The van der Waals surface area contributed by atoms with Crippen molar-refractivity contribution in [3.63, 3.8) is 0 Å². The molecule has 1 aromatic carbocycles. The Morgan fingerprint density at radius 2 is 1.86 bits per heavy atom. The molecule has 1 heterocycles. The van der Waals surface area contributed by atoms with Gasteiger partial charge in [0.1, 0.15) is 0 Å². The summed E-state index contributed by atoms with van der Waals surface area (Å²) in [6.07, 6.45) is 0. The average Bonchev–Trinajstić information content (AvgIpc) is 2.54. The lowest BCUT2D eigenvalue weighted by atomic mass is 10.3. The van der Waals surface area contributed by atoms with E-state index in [1.54, 1.807) is 24.3 Å². The van der Waals surface area contributed by atoms with Crippen LogP contribution in [0, 0.1) is 0 Å². The highest BCUT2D eigenvalue weighted by Crippen LogP contribution is 2.37. The number of para-hydroxylation sites is 2. The van der Waals surface area contributed by atoms with E-state index in [0.29, 0.717) is 11.5 Å². The summed E-state index contributed by atoms with van der Waals surface area (Å²) in [5, 5.41) is 0. The van der Waals surface area contributed by atoms with Gasteiger partial charge in [-0.1, -0.05) is 12.1 Å². The summed E-state index contributed by atoms with van der Waals surface area (Å²) < 4.78 is 14.7. The molecule has 0 fully saturated rings. The molecule has 0 bridgehead atoms. The lowest BCUT2D eigenvalue weighted by Crippen LogP contribution is -2.56. The van der Waals surface area contributed by atoms with Crippen molar-refractivity contribution in [1.29, 1.82) is 0 Å². The van der Waals surface area contributed by atoms with E-state index in [4.69, 9.17) is 15.2 Å². The van der Waals surface area contributed by atoms with Crippen LogP contribution in [0.1, 0.15) is 0 Å². The molecule has 1 aliphatic heterocycles. The highest BCUT2D eigenvalue weighted by atomic mass is 16.8. The largest absolute Gasteiger partial charge is 0.462 e. The minimum absolute atomic E-state index is 0.431. The number of benzene rings is 1. The number of esters is 1. The molecule has 0 aliphatic carbocycles. The Hall–Kier alpha value is -1.75. The van der Waals surface area contributed by atoms with Crippen molar-refractivity contribution < 1.29 is 19.0 Å². The third-order valence-corrected chi connectivity index (χ3v) is 1.84. The maximum atomic E-state index is 11.2. The molecule has 0 spiro atoms. The highest BCUT2D eigenvalue weighted by molar-refractivity contribution is 5.79. The maximum absolute atomic E-state index is 11.2. The number of carbonyl (C=O) groups excluding carboxylic acids is 1.